The number of hydrogen-bond acceptors (Lipinski definition) is 5. The fraction of sp³-hybridized carbons (Fsp3) is 0.417. The first kappa shape index (κ1) is 12.7. The fourth-order valence-electron chi connectivity index (χ4n) is 2.05. The Balaban J connectivity index is 2.32. The summed E-state index contributed by atoms with van der Waals surface area (Å²) in [5.74, 6) is -1.05. The standard InChI is InChI=1S/C12H16N2O4/c13-11-2-1-8(5-10(11)12(16)17)14-3-4-18-7-9(14)6-15/h1-2,5,9,15H,3-4,6-7,13H2,(H,16,17). The molecule has 6 nitrogen and oxygen atoms in total. The molecule has 6 heteroatoms. The Hall–Kier alpha value is -1.79. The van der Waals surface area contributed by atoms with Gasteiger partial charge in [0.15, 0.2) is 0 Å². The van der Waals surface area contributed by atoms with Crippen molar-refractivity contribution in [3.8, 4) is 0 Å². The lowest BCUT2D eigenvalue weighted by atomic mass is 10.1. The molecule has 0 spiro atoms. The van der Waals surface area contributed by atoms with Gasteiger partial charge in [0.2, 0.25) is 0 Å². The van der Waals surface area contributed by atoms with E-state index in [9.17, 15) is 9.90 Å². The number of nitrogen functional groups attached to an aromatic ring is 1. The SMILES string of the molecule is Nc1ccc(N2CCOCC2CO)cc1C(=O)O. The molecule has 1 aromatic rings. The summed E-state index contributed by atoms with van der Waals surface area (Å²) in [5.41, 5.74) is 6.67. The lowest BCUT2D eigenvalue weighted by Gasteiger charge is -2.36. The van der Waals surface area contributed by atoms with Crippen molar-refractivity contribution >= 4 is 17.3 Å². The second kappa shape index (κ2) is 5.24. The van der Waals surface area contributed by atoms with E-state index in [2.05, 4.69) is 0 Å². The number of benzene rings is 1. The number of nitrogens with zero attached hydrogens (tertiary/aromatic N) is 1. The normalized spacial score (nSPS) is 19.8. The van der Waals surface area contributed by atoms with Crippen molar-refractivity contribution in [3.63, 3.8) is 0 Å². The highest BCUT2D eigenvalue weighted by molar-refractivity contribution is 5.94. The molecule has 1 saturated heterocycles. The maximum absolute atomic E-state index is 11.0. The molecule has 0 saturated carbocycles. The zero-order chi connectivity index (χ0) is 13.1. The van der Waals surface area contributed by atoms with Crippen LogP contribution in [-0.4, -0.2) is 48.6 Å². The van der Waals surface area contributed by atoms with Crippen molar-refractivity contribution in [1.29, 1.82) is 0 Å². The molecule has 0 aromatic heterocycles. The number of carboxylic acids is 1. The third-order valence-electron chi connectivity index (χ3n) is 3.04. The zero-order valence-electron chi connectivity index (χ0n) is 9.87. The summed E-state index contributed by atoms with van der Waals surface area (Å²) in [4.78, 5) is 13.0. The molecule has 1 fully saturated rings. The topological polar surface area (TPSA) is 96.0 Å². The fourth-order valence-corrected chi connectivity index (χ4v) is 2.05. The first-order chi connectivity index (χ1) is 8.63. The van der Waals surface area contributed by atoms with Gasteiger partial charge in [0, 0.05) is 17.9 Å². The Kier molecular flexibility index (Phi) is 3.69. The predicted molar refractivity (Wildman–Crippen MR) is 66.9 cm³/mol. The van der Waals surface area contributed by atoms with E-state index in [1.807, 2.05) is 4.90 Å². The molecule has 1 unspecified atom stereocenters. The summed E-state index contributed by atoms with van der Waals surface area (Å²) in [6.07, 6.45) is 0. The molecular weight excluding hydrogens is 236 g/mol. The van der Waals surface area contributed by atoms with E-state index in [4.69, 9.17) is 15.6 Å². The van der Waals surface area contributed by atoms with Crippen molar-refractivity contribution in [3.05, 3.63) is 23.8 Å². The van der Waals surface area contributed by atoms with Gasteiger partial charge in [0.1, 0.15) is 0 Å². The number of anilines is 2. The van der Waals surface area contributed by atoms with Gasteiger partial charge >= 0.3 is 5.97 Å². The number of aliphatic hydroxyl groups is 1. The number of aromatic carboxylic acids is 1. The van der Waals surface area contributed by atoms with E-state index in [-0.39, 0.29) is 23.9 Å². The quantitative estimate of drug-likeness (QED) is 0.663. The molecule has 18 heavy (non-hydrogen) atoms. The van der Waals surface area contributed by atoms with E-state index in [1.165, 1.54) is 6.07 Å². The maximum atomic E-state index is 11.0. The van der Waals surface area contributed by atoms with Crippen LogP contribution in [0.2, 0.25) is 0 Å². The molecule has 0 amide bonds. The highest BCUT2D eigenvalue weighted by Gasteiger charge is 2.23. The van der Waals surface area contributed by atoms with Gasteiger partial charge < -0.3 is 25.6 Å². The predicted octanol–water partition coefficient (Wildman–Crippen LogP) is 0.164. The van der Waals surface area contributed by atoms with Gasteiger partial charge in [-0.15, -0.1) is 0 Å². The van der Waals surface area contributed by atoms with Crippen molar-refractivity contribution < 1.29 is 19.7 Å². The molecule has 0 bridgehead atoms. The number of carboxylic acid groups (broad SMARTS) is 1. The minimum Gasteiger partial charge on any atom is -0.478 e. The lowest BCUT2D eigenvalue weighted by molar-refractivity contribution is 0.0697. The third kappa shape index (κ3) is 2.39. The minimum absolute atomic E-state index is 0.0349. The molecule has 1 aliphatic heterocycles. The minimum atomic E-state index is -1.05. The van der Waals surface area contributed by atoms with E-state index in [0.717, 1.165) is 5.69 Å². The number of aliphatic hydroxyl groups excluding tert-OH is 1. The van der Waals surface area contributed by atoms with Crippen LogP contribution in [0.15, 0.2) is 18.2 Å². The van der Waals surface area contributed by atoms with Crippen LogP contribution in [0.3, 0.4) is 0 Å². The maximum Gasteiger partial charge on any atom is 0.337 e. The second-order valence-electron chi connectivity index (χ2n) is 4.18. The number of ether oxygens (including phenoxy) is 1. The van der Waals surface area contributed by atoms with Crippen LogP contribution in [0.5, 0.6) is 0 Å². The van der Waals surface area contributed by atoms with Gasteiger partial charge in [-0.3, -0.25) is 0 Å². The molecule has 1 aliphatic rings. The van der Waals surface area contributed by atoms with Crippen molar-refractivity contribution in [2.45, 2.75) is 6.04 Å². The first-order valence-electron chi connectivity index (χ1n) is 5.71. The molecular formula is C12H16N2O4. The van der Waals surface area contributed by atoms with Crippen LogP contribution in [0.4, 0.5) is 11.4 Å². The first-order valence-corrected chi connectivity index (χ1v) is 5.71. The van der Waals surface area contributed by atoms with Gasteiger partial charge in [0.25, 0.3) is 0 Å². The second-order valence-corrected chi connectivity index (χ2v) is 4.18. The molecule has 1 atom stereocenters. The van der Waals surface area contributed by atoms with Gasteiger partial charge in [0.05, 0.1) is 31.4 Å². The molecule has 2 rings (SSSR count). The van der Waals surface area contributed by atoms with Gasteiger partial charge in [-0.25, -0.2) is 4.79 Å². The number of carbonyl (C=O) groups is 1. The Morgan fingerprint density at radius 1 is 1.56 bits per heavy atom. The van der Waals surface area contributed by atoms with E-state index in [1.54, 1.807) is 12.1 Å². The Bertz CT molecular complexity index is 450. The Labute approximate surface area is 105 Å². The van der Waals surface area contributed by atoms with Crippen LogP contribution in [0, 0.1) is 0 Å². The molecule has 4 N–H and O–H groups in total. The molecule has 1 aromatic carbocycles. The molecule has 0 radical (unpaired) electrons. The number of hydrogen-bond donors (Lipinski definition) is 3. The van der Waals surface area contributed by atoms with E-state index in [0.29, 0.717) is 19.8 Å². The summed E-state index contributed by atoms with van der Waals surface area (Å²) in [5, 5.41) is 18.3. The van der Waals surface area contributed by atoms with Crippen LogP contribution in [0.1, 0.15) is 10.4 Å². The Morgan fingerprint density at radius 3 is 3.00 bits per heavy atom. The van der Waals surface area contributed by atoms with Crippen LogP contribution >= 0.6 is 0 Å². The molecule has 98 valence electrons. The number of morpholine rings is 1. The van der Waals surface area contributed by atoms with Crippen LogP contribution < -0.4 is 10.6 Å². The summed E-state index contributed by atoms with van der Waals surface area (Å²) in [6, 6.07) is 4.72. The smallest absolute Gasteiger partial charge is 0.337 e. The van der Waals surface area contributed by atoms with Gasteiger partial charge in [-0.1, -0.05) is 0 Å². The zero-order valence-corrected chi connectivity index (χ0v) is 9.87. The molecule has 0 aliphatic carbocycles. The summed E-state index contributed by atoms with van der Waals surface area (Å²) < 4.78 is 5.28. The largest absolute Gasteiger partial charge is 0.478 e. The van der Waals surface area contributed by atoms with Crippen molar-refractivity contribution in [1.82, 2.24) is 0 Å². The van der Waals surface area contributed by atoms with Crippen molar-refractivity contribution in [2.75, 3.05) is 37.0 Å². The third-order valence-corrected chi connectivity index (χ3v) is 3.04. The number of nitrogens with two attached hydrogens (primary N) is 1. The van der Waals surface area contributed by atoms with Gasteiger partial charge in [-0.05, 0) is 18.2 Å². The number of rotatable bonds is 3. The van der Waals surface area contributed by atoms with Crippen LogP contribution in [-0.2, 0) is 4.74 Å². The summed E-state index contributed by atoms with van der Waals surface area (Å²) in [6.45, 7) is 1.58. The van der Waals surface area contributed by atoms with Crippen LogP contribution in [0.25, 0.3) is 0 Å². The Morgan fingerprint density at radius 2 is 2.33 bits per heavy atom. The van der Waals surface area contributed by atoms with E-state index < -0.39 is 5.97 Å². The average Bonchev–Trinajstić information content (AvgIpc) is 2.39. The summed E-state index contributed by atoms with van der Waals surface area (Å²) in [7, 11) is 0. The highest BCUT2D eigenvalue weighted by Crippen LogP contribution is 2.24. The molecule has 1 heterocycles. The lowest BCUT2D eigenvalue weighted by Crippen LogP contribution is -2.47. The van der Waals surface area contributed by atoms with Gasteiger partial charge in [-0.2, -0.15) is 0 Å². The monoisotopic (exact) mass is 252 g/mol. The summed E-state index contributed by atoms with van der Waals surface area (Å²) >= 11 is 0. The average molecular weight is 252 g/mol. The van der Waals surface area contributed by atoms with Crippen molar-refractivity contribution in [2.24, 2.45) is 0 Å². The highest BCUT2D eigenvalue weighted by atomic mass is 16.5. The van der Waals surface area contributed by atoms with E-state index >= 15 is 0 Å².